The summed E-state index contributed by atoms with van der Waals surface area (Å²) in [6, 6.07) is 0. The van der Waals surface area contributed by atoms with Gasteiger partial charge in [-0.25, -0.2) is 4.39 Å². The van der Waals surface area contributed by atoms with Crippen LogP contribution in [-0.4, -0.2) is 57.0 Å². The highest BCUT2D eigenvalue weighted by molar-refractivity contribution is 8.03. The molecule has 0 bridgehead atoms. The van der Waals surface area contributed by atoms with Crippen LogP contribution in [0.25, 0.3) is 0 Å². The third-order valence-electron chi connectivity index (χ3n) is 2.88. The van der Waals surface area contributed by atoms with Crippen LogP contribution in [0.15, 0.2) is 0 Å². The molecular formula is C11H25FN2O6S2. The molecular weight excluding hydrogens is 339 g/mol. The molecule has 8 nitrogen and oxygen atoms in total. The molecule has 0 atom stereocenters. The van der Waals surface area contributed by atoms with E-state index in [1.807, 2.05) is 0 Å². The zero-order valence-electron chi connectivity index (χ0n) is 12.4. The van der Waals surface area contributed by atoms with Crippen LogP contribution in [0.3, 0.4) is 0 Å². The monoisotopic (exact) mass is 364 g/mol. The standard InChI is InChI=1S/2C5H11N.CH3FO6S2/c2*1-2-4-6-5-3-1;2-1(9(3,4)5)10(6,7)8/h2*6H,1-5H2;1H,(H,3,4,5)(H,6,7,8). The molecule has 134 valence electrons. The van der Waals surface area contributed by atoms with Gasteiger partial charge >= 0.3 is 25.1 Å². The SMILES string of the molecule is C1CCNCC1.C1CCNCC1.O=S(=O)(O)C(F)S(=O)(=O)O. The third kappa shape index (κ3) is 12.2. The molecule has 0 saturated carbocycles. The van der Waals surface area contributed by atoms with E-state index in [4.69, 9.17) is 9.11 Å². The van der Waals surface area contributed by atoms with E-state index in [1.54, 1.807) is 0 Å². The topological polar surface area (TPSA) is 133 Å². The van der Waals surface area contributed by atoms with Crippen molar-refractivity contribution in [1.29, 1.82) is 0 Å². The number of hydrogen-bond acceptors (Lipinski definition) is 6. The Hall–Kier alpha value is -0.330. The molecule has 2 aliphatic heterocycles. The average molecular weight is 364 g/mol. The molecule has 0 aromatic rings. The van der Waals surface area contributed by atoms with Crippen LogP contribution in [0.4, 0.5) is 4.39 Å². The molecule has 0 spiro atoms. The molecule has 2 saturated heterocycles. The molecule has 2 aliphatic rings. The normalized spacial score (nSPS) is 19.5. The molecule has 0 unspecified atom stereocenters. The maximum absolute atomic E-state index is 11.7. The summed E-state index contributed by atoms with van der Waals surface area (Å²) < 4.78 is 65.6. The number of piperidine rings is 2. The lowest BCUT2D eigenvalue weighted by molar-refractivity contribution is 0.391. The van der Waals surface area contributed by atoms with Gasteiger partial charge in [-0.1, -0.05) is 12.8 Å². The van der Waals surface area contributed by atoms with Gasteiger partial charge in [0.25, 0.3) is 0 Å². The van der Waals surface area contributed by atoms with E-state index in [0.29, 0.717) is 0 Å². The number of halogens is 1. The first-order chi connectivity index (χ1) is 10.2. The van der Waals surface area contributed by atoms with Crippen molar-refractivity contribution in [2.45, 2.75) is 43.4 Å². The summed E-state index contributed by atoms with van der Waals surface area (Å²) in [5.74, 6) is 0. The number of alkyl halides is 1. The van der Waals surface area contributed by atoms with Gasteiger partial charge in [0.1, 0.15) is 0 Å². The molecule has 0 amide bonds. The second-order valence-electron chi connectivity index (χ2n) is 4.93. The predicted octanol–water partition coefficient (Wildman–Crippen LogP) is 0.535. The summed E-state index contributed by atoms with van der Waals surface area (Å²) >= 11 is 0. The van der Waals surface area contributed by atoms with Crippen LogP contribution in [0.5, 0.6) is 0 Å². The molecule has 2 heterocycles. The van der Waals surface area contributed by atoms with Crippen LogP contribution in [0.2, 0.25) is 0 Å². The van der Waals surface area contributed by atoms with Crippen LogP contribution in [0.1, 0.15) is 38.5 Å². The second-order valence-corrected chi connectivity index (χ2v) is 8.11. The quantitative estimate of drug-likeness (QED) is 0.522. The van der Waals surface area contributed by atoms with E-state index in [2.05, 4.69) is 10.6 Å². The Morgan fingerprint density at radius 2 is 0.955 bits per heavy atom. The number of hydrogen-bond donors (Lipinski definition) is 4. The summed E-state index contributed by atoms with van der Waals surface area (Å²) in [7, 11) is -10.7. The molecule has 4 N–H and O–H groups in total. The van der Waals surface area contributed by atoms with Crippen LogP contribution < -0.4 is 10.6 Å². The number of nitrogens with one attached hydrogen (secondary N) is 2. The van der Waals surface area contributed by atoms with Gasteiger partial charge in [0.2, 0.25) is 0 Å². The van der Waals surface area contributed by atoms with Crippen molar-refractivity contribution < 1.29 is 30.3 Å². The molecule has 0 aromatic heterocycles. The van der Waals surface area contributed by atoms with Crippen molar-refractivity contribution in [2.75, 3.05) is 26.2 Å². The van der Waals surface area contributed by atoms with Crippen molar-refractivity contribution in [3.63, 3.8) is 0 Å². The Kier molecular flexibility index (Phi) is 11.1. The molecule has 22 heavy (non-hydrogen) atoms. The Morgan fingerprint density at radius 1 is 0.682 bits per heavy atom. The van der Waals surface area contributed by atoms with E-state index in [9.17, 15) is 21.2 Å². The smallest absolute Gasteiger partial charge is 0.317 e. The molecule has 0 aromatic carbocycles. The fourth-order valence-corrected chi connectivity index (χ4v) is 2.99. The summed E-state index contributed by atoms with van der Waals surface area (Å²) in [4.78, 5) is -3.68. The average Bonchev–Trinajstić information content (AvgIpc) is 2.49. The molecule has 0 aliphatic carbocycles. The fraction of sp³-hybridized carbons (Fsp3) is 1.00. The fourth-order valence-electron chi connectivity index (χ4n) is 1.76. The van der Waals surface area contributed by atoms with Gasteiger partial charge in [0.05, 0.1) is 0 Å². The van der Waals surface area contributed by atoms with E-state index < -0.39 is 25.1 Å². The van der Waals surface area contributed by atoms with Gasteiger partial charge in [0, 0.05) is 0 Å². The zero-order chi connectivity index (χ0) is 17.1. The predicted molar refractivity (Wildman–Crippen MR) is 81.4 cm³/mol. The van der Waals surface area contributed by atoms with Gasteiger partial charge in [0.15, 0.2) is 0 Å². The highest BCUT2D eigenvalue weighted by atomic mass is 32.3. The van der Waals surface area contributed by atoms with Crippen molar-refractivity contribution in [3.8, 4) is 0 Å². The van der Waals surface area contributed by atoms with Gasteiger partial charge in [-0.05, 0) is 51.9 Å². The maximum atomic E-state index is 11.7. The van der Waals surface area contributed by atoms with Crippen LogP contribution in [0, 0.1) is 0 Å². The minimum absolute atomic E-state index is 1.25. The Labute approximate surface area is 131 Å². The minimum Gasteiger partial charge on any atom is -0.317 e. The first kappa shape index (κ1) is 21.7. The summed E-state index contributed by atoms with van der Waals surface area (Å²) in [5.41, 5.74) is 0. The second kappa shape index (κ2) is 11.2. The van der Waals surface area contributed by atoms with Crippen molar-refractivity contribution in [3.05, 3.63) is 0 Å². The van der Waals surface area contributed by atoms with Gasteiger partial charge in [-0.15, -0.1) is 0 Å². The van der Waals surface area contributed by atoms with Gasteiger partial charge in [-0.3, -0.25) is 9.11 Å². The highest BCUT2D eigenvalue weighted by Gasteiger charge is 2.34. The Morgan fingerprint density at radius 3 is 1.00 bits per heavy atom. The highest BCUT2D eigenvalue weighted by Crippen LogP contribution is 2.06. The summed E-state index contributed by atoms with van der Waals surface area (Å²) in [6.07, 6.45) is 8.43. The molecule has 2 rings (SSSR count). The summed E-state index contributed by atoms with van der Waals surface area (Å²) in [5, 5.41) is 6.57. The molecule has 0 radical (unpaired) electrons. The largest absolute Gasteiger partial charge is 0.348 e. The lowest BCUT2D eigenvalue weighted by atomic mass is 10.2. The summed E-state index contributed by atoms with van der Waals surface area (Å²) in [6.45, 7) is 5.00. The Bertz CT molecular complexity index is 408. The number of rotatable bonds is 2. The lowest BCUT2D eigenvalue weighted by Crippen LogP contribution is -2.24. The maximum Gasteiger partial charge on any atom is 0.348 e. The lowest BCUT2D eigenvalue weighted by Gasteiger charge is -2.08. The van der Waals surface area contributed by atoms with E-state index >= 15 is 0 Å². The Balaban J connectivity index is 0.000000315. The van der Waals surface area contributed by atoms with Crippen molar-refractivity contribution in [1.82, 2.24) is 10.6 Å². The van der Waals surface area contributed by atoms with E-state index in [0.717, 1.165) is 0 Å². The van der Waals surface area contributed by atoms with Crippen LogP contribution >= 0.6 is 0 Å². The van der Waals surface area contributed by atoms with E-state index in [-0.39, 0.29) is 0 Å². The van der Waals surface area contributed by atoms with Gasteiger partial charge < -0.3 is 10.6 Å². The van der Waals surface area contributed by atoms with Gasteiger partial charge in [-0.2, -0.15) is 16.8 Å². The zero-order valence-corrected chi connectivity index (χ0v) is 14.0. The van der Waals surface area contributed by atoms with Crippen LogP contribution in [-0.2, 0) is 20.2 Å². The van der Waals surface area contributed by atoms with Crippen molar-refractivity contribution in [2.24, 2.45) is 0 Å². The first-order valence-electron chi connectivity index (χ1n) is 7.14. The molecule has 2 fully saturated rings. The van der Waals surface area contributed by atoms with E-state index in [1.165, 1.54) is 64.7 Å². The minimum atomic E-state index is -5.37. The first-order valence-corrected chi connectivity index (χ1v) is 10.1. The van der Waals surface area contributed by atoms with Crippen molar-refractivity contribution >= 4 is 20.2 Å². The third-order valence-corrected chi connectivity index (χ3v) is 5.28. The molecule has 11 heteroatoms.